The highest BCUT2D eigenvalue weighted by Gasteiger charge is 2.42. The highest BCUT2D eigenvalue weighted by Crippen LogP contribution is 2.36. The molecule has 0 aromatic carbocycles. The molecule has 0 spiro atoms. The molecule has 2 aromatic heterocycles. The van der Waals surface area contributed by atoms with E-state index in [4.69, 9.17) is 0 Å². The van der Waals surface area contributed by atoms with Crippen molar-refractivity contribution in [2.75, 3.05) is 0 Å². The Balaban J connectivity index is 1.99. The molecule has 8 heteroatoms. The predicted octanol–water partition coefficient (Wildman–Crippen LogP) is 2.19. The molecule has 0 bridgehead atoms. The molecular formula is C17H21N5O2S. The minimum atomic E-state index is -0.719. The van der Waals surface area contributed by atoms with E-state index in [1.165, 1.54) is 0 Å². The van der Waals surface area contributed by atoms with Gasteiger partial charge in [-0.15, -0.1) is 5.10 Å². The van der Waals surface area contributed by atoms with Crippen molar-refractivity contribution in [3.8, 4) is 0 Å². The Morgan fingerprint density at radius 2 is 1.96 bits per heavy atom. The maximum atomic E-state index is 13.0. The monoisotopic (exact) mass is 359 g/mol. The number of rotatable bonds is 5. The van der Waals surface area contributed by atoms with Crippen LogP contribution in [0, 0.1) is 0 Å². The molecule has 2 heterocycles. The number of nitrogens with one attached hydrogen (secondary N) is 1. The SMILES string of the molecule is CC(C)(C)NC(=O)[C@@H](c1ccncc1)N(C(=O)c1csnn1)C1CC1. The van der Waals surface area contributed by atoms with Crippen LogP contribution >= 0.6 is 11.5 Å². The minimum absolute atomic E-state index is 0.0399. The molecule has 1 fully saturated rings. The van der Waals surface area contributed by atoms with E-state index in [1.807, 2.05) is 20.8 Å². The molecule has 0 saturated heterocycles. The van der Waals surface area contributed by atoms with Crippen molar-refractivity contribution in [3.63, 3.8) is 0 Å². The fourth-order valence-corrected chi connectivity index (χ4v) is 3.09. The number of nitrogens with zero attached hydrogens (tertiary/aromatic N) is 4. The molecule has 1 N–H and O–H groups in total. The van der Waals surface area contributed by atoms with Gasteiger partial charge in [-0.2, -0.15) is 0 Å². The standard InChI is InChI=1S/C17H21N5O2S/c1-17(2,3)19-15(23)14(11-6-8-18-9-7-11)22(12-4-5-12)16(24)13-10-25-21-20-13/h6-10,12,14H,4-5H2,1-3H3,(H,19,23)/t14-/m1/s1. The number of hydrogen-bond acceptors (Lipinski definition) is 6. The molecule has 1 saturated carbocycles. The normalized spacial score (nSPS) is 15.5. The number of carbonyl (C=O) groups is 2. The van der Waals surface area contributed by atoms with Crippen molar-refractivity contribution < 1.29 is 9.59 Å². The van der Waals surface area contributed by atoms with E-state index in [0.29, 0.717) is 0 Å². The van der Waals surface area contributed by atoms with Crippen LogP contribution < -0.4 is 5.32 Å². The van der Waals surface area contributed by atoms with Crippen LogP contribution in [0.2, 0.25) is 0 Å². The largest absolute Gasteiger partial charge is 0.349 e. The predicted molar refractivity (Wildman–Crippen MR) is 94.0 cm³/mol. The van der Waals surface area contributed by atoms with Gasteiger partial charge < -0.3 is 10.2 Å². The summed E-state index contributed by atoms with van der Waals surface area (Å²) in [6, 6.07) is 2.87. The summed E-state index contributed by atoms with van der Waals surface area (Å²) in [4.78, 5) is 31.7. The zero-order chi connectivity index (χ0) is 18.0. The summed E-state index contributed by atoms with van der Waals surface area (Å²) in [5.41, 5.74) is 0.614. The van der Waals surface area contributed by atoms with Gasteiger partial charge in [-0.05, 0) is 62.8 Å². The molecular weight excluding hydrogens is 338 g/mol. The van der Waals surface area contributed by atoms with E-state index in [2.05, 4.69) is 19.9 Å². The Kier molecular flexibility index (Phi) is 4.80. The highest BCUT2D eigenvalue weighted by molar-refractivity contribution is 7.03. The molecule has 132 valence electrons. The van der Waals surface area contributed by atoms with Gasteiger partial charge >= 0.3 is 0 Å². The number of pyridine rings is 1. The summed E-state index contributed by atoms with van der Waals surface area (Å²) in [7, 11) is 0. The molecule has 1 aliphatic carbocycles. The summed E-state index contributed by atoms with van der Waals surface area (Å²) in [5.74, 6) is -0.468. The minimum Gasteiger partial charge on any atom is -0.349 e. The lowest BCUT2D eigenvalue weighted by atomic mass is 10.0. The van der Waals surface area contributed by atoms with Gasteiger partial charge in [0.15, 0.2) is 5.69 Å². The lowest BCUT2D eigenvalue weighted by molar-refractivity contribution is -0.127. The van der Waals surface area contributed by atoms with Gasteiger partial charge in [0.05, 0.1) is 0 Å². The van der Waals surface area contributed by atoms with Gasteiger partial charge in [-0.25, -0.2) is 0 Å². The molecule has 7 nitrogen and oxygen atoms in total. The molecule has 3 rings (SSSR count). The third-order valence-electron chi connectivity index (χ3n) is 3.80. The van der Waals surface area contributed by atoms with Crippen LogP contribution in [0.1, 0.15) is 55.7 Å². The Morgan fingerprint density at radius 3 is 2.48 bits per heavy atom. The summed E-state index contributed by atoms with van der Waals surface area (Å²) >= 11 is 1.12. The maximum absolute atomic E-state index is 13.0. The third-order valence-corrected chi connectivity index (χ3v) is 4.31. The Morgan fingerprint density at radius 1 is 1.28 bits per heavy atom. The molecule has 25 heavy (non-hydrogen) atoms. The Labute approximate surface area is 150 Å². The van der Waals surface area contributed by atoms with Crippen LogP contribution in [0.25, 0.3) is 0 Å². The van der Waals surface area contributed by atoms with Crippen molar-refractivity contribution in [3.05, 3.63) is 41.2 Å². The van der Waals surface area contributed by atoms with Crippen LogP contribution in [0.3, 0.4) is 0 Å². The zero-order valence-corrected chi connectivity index (χ0v) is 15.3. The number of carbonyl (C=O) groups excluding carboxylic acids is 2. The smallest absolute Gasteiger partial charge is 0.276 e. The lowest BCUT2D eigenvalue weighted by Crippen LogP contribution is -2.50. The van der Waals surface area contributed by atoms with Crippen LogP contribution in [-0.2, 0) is 4.79 Å². The van der Waals surface area contributed by atoms with Gasteiger partial charge in [0.1, 0.15) is 6.04 Å². The molecule has 0 aliphatic heterocycles. The zero-order valence-electron chi connectivity index (χ0n) is 14.5. The van der Waals surface area contributed by atoms with E-state index < -0.39 is 11.6 Å². The first-order chi connectivity index (χ1) is 11.9. The van der Waals surface area contributed by atoms with E-state index in [-0.39, 0.29) is 23.6 Å². The van der Waals surface area contributed by atoms with Crippen molar-refractivity contribution in [1.82, 2.24) is 24.8 Å². The van der Waals surface area contributed by atoms with Crippen molar-refractivity contribution in [2.24, 2.45) is 0 Å². The molecule has 0 unspecified atom stereocenters. The third kappa shape index (κ3) is 4.19. The van der Waals surface area contributed by atoms with E-state index in [9.17, 15) is 9.59 Å². The molecule has 2 aromatic rings. The first-order valence-electron chi connectivity index (χ1n) is 8.18. The summed E-state index contributed by atoms with van der Waals surface area (Å²) < 4.78 is 3.78. The fraction of sp³-hybridized carbons (Fsp3) is 0.471. The van der Waals surface area contributed by atoms with E-state index in [1.54, 1.807) is 34.8 Å². The van der Waals surface area contributed by atoms with Gasteiger partial charge in [0, 0.05) is 29.4 Å². The van der Waals surface area contributed by atoms with E-state index >= 15 is 0 Å². The van der Waals surface area contributed by atoms with Crippen LogP contribution in [0.4, 0.5) is 0 Å². The second-order valence-corrected chi connectivity index (χ2v) is 7.77. The highest BCUT2D eigenvalue weighted by atomic mass is 32.1. The first kappa shape index (κ1) is 17.5. The van der Waals surface area contributed by atoms with Crippen molar-refractivity contribution >= 4 is 23.3 Å². The molecule has 1 atom stereocenters. The Bertz CT molecular complexity index is 738. The summed E-state index contributed by atoms with van der Waals surface area (Å²) in [6.45, 7) is 5.76. The first-order valence-corrected chi connectivity index (χ1v) is 9.02. The van der Waals surface area contributed by atoms with Gasteiger partial charge in [0.2, 0.25) is 5.91 Å². The quantitative estimate of drug-likeness (QED) is 0.884. The molecule has 2 amide bonds. The van der Waals surface area contributed by atoms with Gasteiger partial charge in [0.25, 0.3) is 5.91 Å². The topological polar surface area (TPSA) is 88.1 Å². The van der Waals surface area contributed by atoms with Gasteiger partial charge in [-0.3, -0.25) is 14.6 Å². The van der Waals surface area contributed by atoms with Gasteiger partial charge in [-0.1, -0.05) is 4.49 Å². The summed E-state index contributed by atoms with van der Waals surface area (Å²) in [6.07, 6.45) is 5.03. The van der Waals surface area contributed by atoms with Crippen molar-refractivity contribution in [1.29, 1.82) is 0 Å². The Hall–Kier alpha value is -2.35. The average Bonchev–Trinajstić information content (AvgIpc) is 3.23. The van der Waals surface area contributed by atoms with Crippen LogP contribution in [0.15, 0.2) is 29.9 Å². The second-order valence-electron chi connectivity index (χ2n) is 7.16. The molecule has 1 aliphatic rings. The van der Waals surface area contributed by atoms with Crippen LogP contribution in [-0.4, -0.2) is 42.9 Å². The average molecular weight is 359 g/mol. The lowest BCUT2D eigenvalue weighted by Gasteiger charge is -2.33. The number of aromatic nitrogens is 3. The fourth-order valence-electron chi connectivity index (χ4n) is 2.66. The number of amides is 2. The second kappa shape index (κ2) is 6.87. The van der Waals surface area contributed by atoms with Crippen molar-refractivity contribution in [2.45, 2.75) is 51.2 Å². The van der Waals surface area contributed by atoms with E-state index in [0.717, 1.165) is 29.9 Å². The number of hydrogen-bond donors (Lipinski definition) is 1. The van der Waals surface area contributed by atoms with Crippen LogP contribution in [0.5, 0.6) is 0 Å². The molecule has 0 radical (unpaired) electrons. The summed E-state index contributed by atoms with van der Waals surface area (Å²) in [5, 5.41) is 8.50. The maximum Gasteiger partial charge on any atom is 0.276 e.